The maximum Gasteiger partial charge on any atom is 0.159 e. The van der Waals surface area contributed by atoms with Gasteiger partial charge in [-0.05, 0) is 67.8 Å². The molecule has 2 aromatic rings. The highest BCUT2D eigenvalue weighted by Gasteiger charge is 2.02. The molecule has 0 bridgehead atoms. The summed E-state index contributed by atoms with van der Waals surface area (Å²) >= 11 is 0. The number of hydrogen-bond donors (Lipinski definition) is 0. The third-order valence-corrected chi connectivity index (χ3v) is 3.02. The smallest absolute Gasteiger partial charge is 0.159 e. The lowest BCUT2D eigenvalue weighted by Gasteiger charge is -2.09. The fourth-order valence-corrected chi connectivity index (χ4v) is 1.98. The van der Waals surface area contributed by atoms with Crippen LogP contribution in [0.3, 0.4) is 0 Å². The van der Waals surface area contributed by atoms with Crippen LogP contribution in [0, 0.1) is 6.92 Å². The summed E-state index contributed by atoms with van der Waals surface area (Å²) in [5.74, 6) is 1.65. The van der Waals surface area contributed by atoms with Gasteiger partial charge in [0, 0.05) is 5.56 Å². The Morgan fingerprint density at radius 3 is 2.32 bits per heavy atom. The summed E-state index contributed by atoms with van der Waals surface area (Å²) in [7, 11) is 0. The zero-order valence-electron chi connectivity index (χ0n) is 11.6. The lowest BCUT2D eigenvalue weighted by atomic mass is 10.1. The van der Waals surface area contributed by atoms with E-state index in [1.54, 1.807) is 19.1 Å². The van der Waals surface area contributed by atoms with E-state index >= 15 is 0 Å². The molecule has 19 heavy (non-hydrogen) atoms. The summed E-state index contributed by atoms with van der Waals surface area (Å²) < 4.78 is 5.83. The Bertz CT molecular complexity index is 583. The summed E-state index contributed by atoms with van der Waals surface area (Å²) in [6, 6.07) is 13.4. The molecule has 0 radical (unpaired) electrons. The van der Waals surface area contributed by atoms with Crippen LogP contribution in [-0.4, -0.2) is 5.78 Å². The van der Waals surface area contributed by atoms with Crippen LogP contribution >= 0.6 is 0 Å². The zero-order valence-corrected chi connectivity index (χ0v) is 11.6. The van der Waals surface area contributed by atoms with Crippen LogP contribution in [0.4, 0.5) is 0 Å². The van der Waals surface area contributed by atoms with Crippen LogP contribution in [-0.2, 0) is 6.42 Å². The van der Waals surface area contributed by atoms with Crippen LogP contribution in [0.1, 0.15) is 35.3 Å². The Hall–Kier alpha value is -2.09. The van der Waals surface area contributed by atoms with Gasteiger partial charge in [-0.15, -0.1) is 0 Å². The van der Waals surface area contributed by atoms with Gasteiger partial charge in [-0.25, -0.2) is 0 Å². The van der Waals surface area contributed by atoms with E-state index in [2.05, 4.69) is 19.9 Å². The quantitative estimate of drug-likeness (QED) is 0.748. The van der Waals surface area contributed by atoms with Crippen molar-refractivity contribution in [1.29, 1.82) is 0 Å². The van der Waals surface area contributed by atoms with Gasteiger partial charge in [-0.1, -0.05) is 13.0 Å². The molecule has 2 aromatic carbocycles. The molecule has 2 rings (SSSR count). The largest absolute Gasteiger partial charge is 0.457 e. The van der Waals surface area contributed by atoms with Gasteiger partial charge < -0.3 is 4.74 Å². The Balaban J connectivity index is 2.21. The molecule has 0 N–H and O–H groups in total. The first-order valence-electron chi connectivity index (χ1n) is 6.48. The van der Waals surface area contributed by atoms with Crippen molar-refractivity contribution in [2.75, 3.05) is 0 Å². The fraction of sp³-hybridized carbons (Fsp3) is 0.235. The van der Waals surface area contributed by atoms with Gasteiger partial charge in [0.25, 0.3) is 0 Å². The fourth-order valence-electron chi connectivity index (χ4n) is 1.98. The first-order chi connectivity index (χ1) is 9.08. The highest BCUT2D eigenvalue weighted by molar-refractivity contribution is 5.94. The molecule has 0 aliphatic carbocycles. The minimum atomic E-state index is 0.0652. The number of ether oxygens (including phenoxy) is 1. The predicted molar refractivity (Wildman–Crippen MR) is 77.1 cm³/mol. The summed E-state index contributed by atoms with van der Waals surface area (Å²) in [4.78, 5) is 11.2. The molecule has 0 fully saturated rings. The predicted octanol–water partition coefficient (Wildman–Crippen LogP) is 4.55. The number of rotatable bonds is 4. The average molecular weight is 254 g/mol. The Morgan fingerprint density at radius 1 is 1.05 bits per heavy atom. The van der Waals surface area contributed by atoms with E-state index in [1.165, 1.54) is 11.1 Å². The second-order valence-electron chi connectivity index (χ2n) is 4.69. The van der Waals surface area contributed by atoms with Gasteiger partial charge in [-0.2, -0.15) is 0 Å². The second kappa shape index (κ2) is 5.70. The molecule has 0 aromatic heterocycles. The molecule has 0 heterocycles. The van der Waals surface area contributed by atoms with Crippen molar-refractivity contribution in [2.24, 2.45) is 0 Å². The van der Waals surface area contributed by atoms with Gasteiger partial charge in [0.1, 0.15) is 11.5 Å². The minimum Gasteiger partial charge on any atom is -0.457 e. The first-order valence-corrected chi connectivity index (χ1v) is 6.48. The number of hydrogen-bond acceptors (Lipinski definition) is 2. The monoisotopic (exact) mass is 254 g/mol. The Morgan fingerprint density at radius 2 is 1.74 bits per heavy atom. The van der Waals surface area contributed by atoms with Crippen molar-refractivity contribution < 1.29 is 9.53 Å². The molecule has 98 valence electrons. The van der Waals surface area contributed by atoms with Crippen molar-refractivity contribution in [3.8, 4) is 11.5 Å². The molecule has 0 saturated carbocycles. The molecular weight excluding hydrogens is 236 g/mol. The molecule has 0 atom stereocenters. The van der Waals surface area contributed by atoms with E-state index in [0.29, 0.717) is 5.56 Å². The normalized spacial score (nSPS) is 10.3. The number of carbonyl (C=O) groups is 1. The third kappa shape index (κ3) is 3.44. The number of carbonyl (C=O) groups excluding carboxylic acids is 1. The van der Waals surface area contributed by atoms with Crippen molar-refractivity contribution in [2.45, 2.75) is 27.2 Å². The molecule has 0 aliphatic rings. The van der Waals surface area contributed by atoms with Crippen LogP contribution in [0.5, 0.6) is 11.5 Å². The maximum atomic E-state index is 11.2. The van der Waals surface area contributed by atoms with Crippen LogP contribution in [0.25, 0.3) is 0 Å². The van der Waals surface area contributed by atoms with Gasteiger partial charge in [0.05, 0.1) is 0 Å². The topological polar surface area (TPSA) is 26.3 Å². The Kier molecular flexibility index (Phi) is 4.00. The minimum absolute atomic E-state index is 0.0652. The SMILES string of the molecule is CCc1cc(C)cc(Oc2ccc(C(C)=O)cc2)c1. The van der Waals surface area contributed by atoms with Crippen molar-refractivity contribution >= 4 is 5.78 Å². The van der Waals surface area contributed by atoms with Crippen LogP contribution < -0.4 is 4.74 Å². The maximum absolute atomic E-state index is 11.2. The van der Waals surface area contributed by atoms with E-state index in [0.717, 1.165) is 17.9 Å². The van der Waals surface area contributed by atoms with Crippen molar-refractivity contribution in [1.82, 2.24) is 0 Å². The second-order valence-corrected chi connectivity index (χ2v) is 4.69. The number of aryl methyl sites for hydroxylation is 2. The first kappa shape index (κ1) is 13.3. The molecule has 0 spiro atoms. The molecule has 0 saturated heterocycles. The Labute approximate surface area is 114 Å². The molecule has 0 unspecified atom stereocenters. The third-order valence-electron chi connectivity index (χ3n) is 3.02. The van der Waals surface area contributed by atoms with E-state index in [4.69, 9.17) is 4.74 Å². The molecule has 2 heteroatoms. The highest BCUT2D eigenvalue weighted by Crippen LogP contribution is 2.24. The standard InChI is InChI=1S/C17H18O2/c1-4-14-9-12(2)10-17(11-14)19-16-7-5-15(6-8-16)13(3)18/h5-11H,4H2,1-3H3. The van der Waals surface area contributed by atoms with E-state index in [1.807, 2.05) is 24.3 Å². The number of benzene rings is 2. The summed E-state index contributed by atoms with van der Waals surface area (Å²) in [6.07, 6.45) is 0.987. The average Bonchev–Trinajstić information content (AvgIpc) is 2.38. The molecule has 0 aliphatic heterocycles. The summed E-state index contributed by atoms with van der Waals surface area (Å²) in [6.45, 7) is 5.75. The zero-order chi connectivity index (χ0) is 13.8. The summed E-state index contributed by atoms with van der Waals surface area (Å²) in [5, 5.41) is 0. The van der Waals surface area contributed by atoms with Gasteiger partial charge in [0.15, 0.2) is 5.78 Å². The number of Topliss-reactive ketones (excluding diaryl/α,β-unsaturated/α-hetero) is 1. The highest BCUT2D eigenvalue weighted by atomic mass is 16.5. The molecule has 2 nitrogen and oxygen atoms in total. The van der Waals surface area contributed by atoms with Gasteiger partial charge >= 0.3 is 0 Å². The van der Waals surface area contributed by atoms with E-state index in [-0.39, 0.29) is 5.78 Å². The lowest BCUT2D eigenvalue weighted by Crippen LogP contribution is -1.92. The van der Waals surface area contributed by atoms with Gasteiger partial charge in [0.2, 0.25) is 0 Å². The van der Waals surface area contributed by atoms with E-state index < -0.39 is 0 Å². The van der Waals surface area contributed by atoms with E-state index in [9.17, 15) is 4.79 Å². The van der Waals surface area contributed by atoms with Crippen molar-refractivity contribution in [3.05, 3.63) is 59.2 Å². The number of ketones is 1. The van der Waals surface area contributed by atoms with Gasteiger partial charge in [-0.3, -0.25) is 4.79 Å². The van der Waals surface area contributed by atoms with Crippen LogP contribution in [0.2, 0.25) is 0 Å². The molecule has 0 amide bonds. The van der Waals surface area contributed by atoms with Crippen LogP contribution in [0.15, 0.2) is 42.5 Å². The van der Waals surface area contributed by atoms with Crippen molar-refractivity contribution in [3.63, 3.8) is 0 Å². The molecular formula is C17H18O2. The lowest BCUT2D eigenvalue weighted by molar-refractivity contribution is 0.101. The summed E-state index contributed by atoms with van der Waals surface area (Å²) in [5.41, 5.74) is 3.15.